The molecule has 3 rings (SSSR count). The third-order valence-corrected chi connectivity index (χ3v) is 7.36. The van der Waals surface area contributed by atoms with E-state index in [0.29, 0.717) is 11.8 Å². The SMILES string of the molecule is O=C(C1CCSCC1)N1CCCN(C(=O)C2CCSCC2)CC1. The summed E-state index contributed by atoms with van der Waals surface area (Å²) in [4.78, 5) is 29.5. The van der Waals surface area contributed by atoms with E-state index in [0.717, 1.165) is 81.3 Å². The summed E-state index contributed by atoms with van der Waals surface area (Å²) in [7, 11) is 0. The molecular formula is C17H28N2O2S2. The van der Waals surface area contributed by atoms with Gasteiger partial charge in [-0.15, -0.1) is 0 Å². The molecule has 0 bridgehead atoms. The molecule has 6 heteroatoms. The molecule has 0 unspecified atom stereocenters. The Hall–Kier alpha value is -0.360. The molecule has 3 heterocycles. The van der Waals surface area contributed by atoms with E-state index in [9.17, 15) is 9.59 Å². The fourth-order valence-corrected chi connectivity index (χ4v) is 5.98. The summed E-state index contributed by atoms with van der Waals surface area (Å²) < 4.78 is 0. The normalized spacial score (nSPS) is 25.2. The van der Waals surface area contributed by atoms with E-state index in [1.165, 1.54) is 0 Å². The number of carbonyl (C=O) groups excluding carboxylic acids is 2. The Balaban J connectivity index is 1.52. The van der Waals surface area contributed by atoms with E-state index in [4.69, 9.17) is 0 Å². The van der Waals surface area contributed by atoms with Crippen molar-refractivity contribution >= 4 is 35.3 Å². The Morgan fingerprint density at radius 2 is 1.04 bits per heavy atom. The summed E-state index contributed by atoms with van der Waals surface area (Å²) in [5.74, 6) is 5.62. The van der Waals surface area contributed by atoms with Crippen LogP contribution in [0, 0.1) is 11.8 Å². The van der Waals surface area contributed by atoms with Crippen LogP contribution in [0.2, 0.25) is 0 Å². The summed E-state index contributed by atoms with van der Waals surface area (Å²) in [6, 6.07) is 0. The monoisotopic (exact) mass is 356 g/mol. The second kappa shape index (κ2) is 8.65. The molecule has 130 valence electrons. The van der Waals surface area contributed by atoms with E-state index >= 15 is 0 Å². The van der Waals surface area contributed by atoms with Crippen molar-refractivity contribution in [3.8, 4) is 0 Å². The van der Waals surface area contributed by atoms with Crippen molar-refractivity contribution < 1.29 is 9.59 Å². The van der Waals surface area contributed by atoms with E-state index in [1.807, 2.05) is 33.3 Å². The molecule has 0 aromatic heterocycles. The Morgan fingerprint density at radius 1 is 0.652 bits per heavy atom. The van der Waals surface area contributed by atoms with Gasteiger partial charge in [-0.05, 0) is 55.1 Å². The van der Waals surface area contributed by atoms with Crippen molar-refractivity contribution in [3.63, 3.8) is 0 Å². The molecule has 0 N–H and O–H groups in total. The number of hydrogen-bond acceptors (Lipinski definition) is 4. The summed E-state index contributed by atoms with van der Waals surface area (Å²) in [5.41, 5.74) is 0. The lowest BCUT2D eigenvalue weighted by Crippen LogP contribution is -2.42. The molecule has 3 fully saturated rings. The minimum Gasteiger partial charge on any atom is -0.341 e. The average Bonchev–Trinajstić information content (AvgIpc) is 2.88. The smallest absolute Gasteiger partial charge is 0.225 e. The first-order chi connectivity index (χ1) is 11.3. The lowest BCUT2D eigenvalue weighted by molar-refractivity contribution is -0.138. The number of thioether (sulfide) groups is 2. The molecule has 23 heavy (non-hydrogen) atoms. The molecule has 2 amide bonds. The van der Waals surface area contributed by atoms with Gasteiger partial charge in [0.2, 0.25) is 11.8 Å². The van der Waals surface area contributed by atoms with Crippen LogP contribution in [0.1, 0.15) is 32.1 Å². The first-order valence-electron chi connectivity index (χ1n) is 8.99. The quantitative estimate of drug-likeness (QED) is 0.761. The first-order valence-corrected chi connectivity index (χ1v) is 11.3. The highest BCUT2D eigenvalue weighted by atomic mass is 32.2. The zero-order chi connectivity index (χ0) is 16.1. The number of amides is 2. The standard InChI is InChI=1S/C17H28N2O2S2/c20-16(14-2-10-22-11-3-14)18-6-1-7-19(9-8-18)17(21)15-4-12-23-13-5-15/h14-15H,1-13H2. The molecule has 0 spiro atoms. The van der Waals surface area contributed by atoms with Gasteiger partial charge in [0.05, 0.1) is 0 Å². The van der Waals surface area contributed by atoms with Gasteiger partial charge in [-0.1, -0.05) is 0 Å². The Kier molecular flexibility index (Phi) is 6.57. The molecule has 3 saturated heterocycles. The first kappa shape index (κ1) is 17.5. The van der Waals surface area contributed by atoms with Gasteiger partial charge in [-0.3, -0.25) is 9.59 Å². The largest absolute Gasteiger partial charge is 0.341 e. The van der Waals surface area contributed by atoms with Crippen LogP contribution < -0.4 is 0 Å². The number of rotatable bonds is 2. The van der Waals surface area contributed by atoms with Crippen molar-refractivity contribution in [1.82, 2.24) is 9.80 Å². The van der Waals surface area contributed by atoms with E-state index in [-0.39, 0.29) is 11.8 Å². The van der Waals surface area contributed by atoms with Gasteiger partial charge in [0.25, 0.3) is 0 Å². The zero-order valence-corrected chi connectivity index (χ0v) is 15.5. The van der Waals surface area contributed by atoms with Gasteiger partial charge in [0.1, 0.15) is 0 Å². The summed E-state index contributed by atoms with van der Waals surface area (Å²) in [6.45, 7) is 3.12. The molecule has 3 aliphatic heterocycles. The zero-order valence-electron chi connectivity index (χ0n) is 13.9. The van der Waals surface area contributed by atoms with Gasteiger partial charge in [0.15, 0.2) is 0 Å². The van der Waals surface area contributed by atoms with E-state index < -0.39 is 0 Å². The molecule has 0 saturated carbocycles. The topological polar surface area (TPSA) is 40.6 Å². The number of nitrogens with zero attached hydrogens (tertiary/aromatic N) is 2. The minimum absolute atomic E-state index is 0.230. The third-order valence-electron chi connectivity index (χ3n) is 5.26. The maximum absolute atomic E-state index is 12.7. The maximum Gasteiger partial charge on any atom is 0.225 e. The highest BCUT2D eigenvalue weighted by molar-refractivity contribution is 7.99. The van der Waals surface area contributed by atoms with Gasteiger partial charge >= 0.3 is 0 Å². The fourth-order valence-electron chi connectivity index (χ4n) is 3.76. The average molecular weight is 357 g/mol. The Morgan fingerprint density at radius 3 is 1.43 bits per heavy atom. The van der Waals surface area contributed by atoms with Crippen LogP contribution in [0.5, 0.6) is 0 Å². The Bertz CT molecular complexity index is 383. The van der Waals surface area contributed by atoms with Crippen LogP contribution >= 0.6 is 23.5 Å². The second-order valence-electron chi connectivity index (χ2n) is 6.78. The van der Waals surface area contributed by atoms with E-state index in [1.54, 1.807) is 0 Å². The molecule has 4 nitrogen and oxygen atoms in total. The highest BCUT2D eigenvalue weighted by Crippen LogP contribution is 2.26. The van der Waals surface area contributed by atoms with Crippen molar-refractivity contribution in [2.45, 2.75) is 32.1 Å². The molecular weight excluding hydrogens is 328 g/mol. The Labute approximate surface area is 148 Å². The van der Waals surface area contributed by atoms with Crippen LogP contribution in [-0.2, 0) is 9.59 Å². The summed E-state index contributed by atoms with van der Waals surface area (Å²) in [5, 5.41) is 0. The summed E-state index contributed by atoms with van der Waals surface area (Å²) >= 11 is 3.92. The molecule has 0 atom stereocenters. The molecule has 0 aromatic carbocycles. The van der Waals surface area contributed by atoms with Crippen LogP contribution in [0.4, 0.5) is 0 Å². The lowest BCUT2D eigenvalue weighted by atomic mass is 10.0. The predicted octanol–water partition coefficient (Wildman–Crippen LogP) is 2.33. The van der Waals surface area contributed by atoms with Crippen molar-refractivity contribution in [2.75, 3.05) is 49.2 Å². The summed E-state index contributed by atoms with van der Waals surface area (Å²) in [6.07, 6.45) is 5.05. The lowest BCUT2D eigenvalue weighted by Gasteiger charge is -2.29. The predicted molar refractivity (Wildman–Crippen MR) is 97.9 cm³/mol. The number of carbonyl (C=O) groups is 2. The van der Waals surface area contributed by atoms with Gasteiger partial charge < -0.3 is 9.80 Å². The number of hydrogen-bond donors (Lipinski definition) is 0. The van der Waals surface area contributed by atoms with Crippen molar-refractivity contribution in [3.05, 3.63) is 0 Å². The van der Waals surface area contributed by atoms with Crippen molar-refractivity contribution in [2.24, 2.45) is 11.8 Å². The van der Waals surface area contributed by atoms with Gasteiger partial charge in [-0.2, -0.15) is 23.5 Å². The molecule has 0 aliphatic carbocycles. The van der Waals surface area contributed by atoms with Gasteiger partial charge in [-0.25, -0.2) is 0 Å². The van der Waals surface area contributed by atoms with Crippen molar-refractivity contribution in [1.29, 1.82) is 0 Å². The molecule has 3 aliphatic rings. The third kappa shape index (κ3) is 4.59. The highest BCUT2D eigenvalue weighted by Gasteiger charge is 2.30. The van der Waals surface area contributed by atoms with E-state index in [2.05, 4.69) is 0 Å². The molecule has 0 aromatic rings. The maximum atomic E-state index is 12.7. The fraction of sp³-hybridized carbons (Fsp3) is 0.882. The van der Waals surface area contributed by atoms with Crippen LogP contribution in [0.15, 0.2) is 0 Å². The van der Waals surface area contributed by atoms with Gasteiger partial charge in [0, 0.05) is 38.0 Å². The van der Waals surface area contributed by atoms with Crippen LogP contribution in [0.3, 0.4) is 0 Å². The minimum atomic E-state index is 0.230. The second-order valence-corrected chi connectivity index (χ2v) is 9.23. The van der Waals surface area contributed by atoms with Crippen LogP contribution in [0.25, 0.3) is 0 Å². The molecule has 0 radical (unpaired) electrons. The van der Waals surface area contributed by atoms with Crippen LogP contribution in [-0.4, -0.2) is 70.8 Å².